The number of nitrogens with zero attached hydrogens (tertiary/aromatic N) is 5. The summed E-state index contributed by atoms with van der Waals surface area (Å²) in [5.41, 5.74) is 7.97. The number of aliphatic hydroxyl groups is 4. The summed E-state index contributed by atoms with van der Waals surface area (Å²) >= 11 is 1.16. The number of aliphatic hydroxyl groups excluding tert-OH is 4. The van der Waals surface area contributed by atoms with Crippen LogP contribution in [-0.4, -0.2) is 212 Å². The average Bonchev–Trinajstić information content (AvgIpc) is 2.96. The SMILES string of the molecule is CCC1=C(C)c2cc3[nH]c(cc4nc(c5c6[nH]c(cc1n2)c(C)c6C(=O)N(CCN1CCOCC1)C5=O)[C@@H](CCC(=O)N(C)CCNC(=O)OC(C)(C)C)[C@@H]4C)c(C)c3/C=C/C(=O)OCCOCCS[C@@H]1O[C@H](CO)[C@@H](O)[C@H](O)[C@H]1O. The van der Waals surface area contributed by atoms with E-state index in [0.29, 0.717) is 113 Å². The molecule has 3 aromatic rings. The van der Waals surface area contributed by atoms with Gasteiger partial charge in [-0.05, 0) is 101 Å². The number of carbonyl (C=O) groups is 5. The van der Waals surface area contributed by atoms with Crippen LogP contribution in [0.1, 0.15) is 133 Å². The van der Waals surface area contributed by atoms with Gasteiger partial charge in [0.2, 0.25) is 5.91 Å². The number of likely N-dealkylation sites (N-methyl/N-ethyl adjacent to an activating group) is 1. The molecule has 5 aliphatic rings. The van der Waals surface area contributed by atoms with Gasteiger partial charge in [-0.3, -0.25) is 29.2 Å². The van der Waals surface area contributed by atoms with Crippen LogP contribution < -0.4 is 5.32 Å². The van der Waals surface area contributed by atoms with Gasteiger partial charge in [-0.15, -0.1) is 11.8 Å². The van der Waals surface area contributed by atoms with Crippen molar-refractivity contribution in [2.75, 3.05) is 91.7 Å². The molecule has 8 heterocycles. The van der Waals surface area contributed by atoms with Crippen LogP contribution in [0.5, 0.6) is 0 Å². The second kappa shape index (κ2) is 26.5. The quantitative estimate of drug-likeness (QED) is 0.0341. The number of fused-ring (bicyclic) bond motifs is 8. The second-order valence-corrected chi connectivity index (χ2v) is 23.3. The Balaban J connectivity index is 1.13. The number of aromatic nitrogens is 4. The number of amides is 4. The van der Waals surface area contributed by atoms with E-state index < -0.39 is 71.9 Å². The number of thioether (sulfide) groups is 1. The van der Waals surface area contributed by atoms with E-state index in [2.05, 4.69) is 27.1 Å². The molecule has 440 valence electrons. The Kier molecular flexibility index (Phi) is 20.0. The zero-order valence-corrected chi connectivity index (χ0v) is 48.6. The molecule has 7 atom stereocenters. The molecule has 23 heteroatoms. The first kappa shape index (κ1) is 61.1. The molecule has 2 fully saturated rings. The number of rotatable bonds is 20. The lowest BCUT2D eigenvalue weighted by Crippen LogP contribution is -2.57. The van der Waals surface area contributed by atoms with Crippen molar-refractivity contribution in [1.29, 1.82) is 0 Å². The van der Waals surface area contributed by atoms with E-state index in [1.54, 1.807) is 38.8 Å². The van der Waals surface area contributed by atoms with Crippen molar-refractivity contribution >= 4 is 80.8 Å². The highest BCUT2D eigenvalue weighted by molar-refractivity contribution is 7.99. The lowest BCUT2D eigenvalue weighted by Gasteiger charge is -2.39. The van der Waals surface area contributed by atoms with Crippen LogP contribution in [0.4, 0.5) is 4.79 Å². The predicted molar refractivity (Wildman–Crippen MR) is 305 cm³/mol. The normalized spacial score (nSPS) is 22.4. The van der Waals surface area contributed by atoms with Crippen molar-refractivity contribution in [2.45, 2.75) is 122 Å². The monoisotopic (exact) mass is 1140 g/mol. The van der Waals surface area contributed by atoms with E-state index >= 15 is 4.79 Å². The largest absolute Gasteiger partial charge is 0.460 e. The number of alkyl carbamates (subject to hydrolysis) is 1. The van der Waals surface area contributed by atoms with E-state index in [9.17, 15) is 39.6 Å². The lowest BCUT2D eigenvalue weighted by atomic mass is 9.84. The predicted octanol–water partition coefficient (Wildman–Crippen LogP) is 4.96. The Hall–Kier alpha value is -6.02. The third-order valence-corrected chi connectivity index (χ3v) is 16.6. The minimum atomic E-state index is -1.47. The maximum Gasteiger partial charge on any atom is 0.407 e. The number of carbonyl (C=O) groups excluding carboxylic acids is 5. The molecule has 22 nitrogen and oxygen atoms in total. The minimum absolute atomic E-state index is 0.0525. The van der Waals surface area contributed by atoms with Crippen LogP contribution in [0.2, 0.25) is 0 Å². The third kappa shape index (κ3) is 13.9. The number of nitrogens with one attached hydrogen (secondary N) is 3. The Bertz CT molecular complexity index is 3090. The zero-order chi connectivity index (χ0) is 58.4. The molecule has 8 rings (SSSR count). The molecule has 4 amide bonds. The first-order valence-electron chi connectivity index (χ1n) is 27.8. The van der Waals surface area contributed by atoms with Crippen LogP contribution in [0.25, 0.3) is 39.3 Å². The van der Waals surface area contributed by atoms with E-state index in [-0.39, 0.29) is 63.3 Å². The maximum absolute atomic E-state index is 15.3. The zero-order valence-electron chi connectivity index (χ0n) is 47.8. The summed E-state index contributed by atoms with van der Waals surface area (Å²) < 4.78 is 27.7. The van der Waals surface area contributed by atoms with Crippen LogP contribution >= 0.6 is 11.8 Å². The van der Waals surface area contributed by atoms with Gasteiger partial charge >= 0.3 is 12.1 Å². The Morgan fingerprint density at radius 3 is 2.35 bits per heavy atom. The lowest BCUT2D eigenvalue weighted by molar-refractivity contribution is -0.205. The molecule has 5 aliphatic heterocycles. The van der Waals surface area contributed by atoms with Gasteiger partial charge in [-0.25, -0.2) is 14.6 Å². The number of aryl methyl sites for hydroxylation is 2. The summed E-state index contributed by atoms with van der Waals surface area (Å²) in [6.45, 7) is 18.4. The highest BCUT2D eigenvalue weighted by Crippen LogP contribution is 2.44. The van der Waals surface area contributed by atoms with Crippen molar-refractivity contribution in [3.63, 3.8) is 0 Å². The molecular formula is C58H78N8O14S. The van der Waals surface area contributed by atoms with E-state index in [1.165, 1.54) is 11.0 Å². The van der Waals surface area contributed by atoms with Gasteiger partial charge < -0.3 is 64.3 Å². The number of morpholine rings is 1. The topological polar surface area (TPSA) is 292 Å². The second-order valence-electron chi connectivity index (χ2n) is 22.0. The summed E-state index contributed by atoms with van der Waals surface area (Å²) in [5.74, 6) is -2.12. The smallest absolute Gasteiger partial charge is 0.407 e. The van der Waals surface area contributed by atoms with Gasteiger partial charge in [-0.1, -0.05) is 13.8 Å². The number of aromatic amines is 2. The number of hydrogen-bond acceptors (Lipinski definition) is 18. The molecule has 0 aliphatic carbocycles. The summed E-state index contributed by atoms with van der Waals surface area (Å²) in [7, 11) is 1.67. The first-order chi connectivity index (χ1) is 38.6. The first-order valence-corrected chi connectivity index (χ1v) is 28.9. The highest BCUT2D eigenvalue weighted by Gasteiger charge is 2.44. The van der Waals surface area contributed by atoms with Gasteiger partial charge in [0.1, 0.15) is 42.1 Å². The molecule has 0 saturated carbocycles. The van der Waals surface area contributed by atoms with Crippen LogP contribution in [-0.2, 0) is 33.3 Å². The number of ether oxygens (including phenoxy) is 5. The summed E-state index contributed by atoms with van der Waals surface area (Å²) in [5, 5.41) is 42.7. The van der Waals surface area contributed by atoms with Crippen molar-refractivity contribution < 1.29 is 68.1 Å². The maximum atomic E-state index is 15.3. The van der Waals surface area contributed by atoms with Gasteiger partial charge in [0.05, 0.1) is 66.8 Å². The molecule has 0 radical (unpaired) electrons. The minimum Gasteiger partial charge on any atom is -0.460 e. The molecule has 8 bridgehead atoms. The molecule has 3 aromatic heterocycles. The Morgan fingerprint density at radius 2 is 1.63 bits per heavy atom. The summed E-state index contributed by atoms with van der Waals surface area (Å²) in [6.07, 6.45) is -1.79. The Morgan fingerprint density at radius 1 is 0.914 bits per heavy atom. The number of H-pyrrole nitrogens is 2. The van der Waals surface area contributed by atoms with Crippen LogP contribution in [0.15, 0.2) is 24.3 Å². The highest BCUT2D eigenvalue weighted by atomic mass is 32.2. The van der Waals surface area contributed by atoms with Crippen molar-refractivity contribution in [2.24, 2.45) is 0 Å². The van der Waals surface area contributed by atoms with Crippen LogP contribution in [0.3, 0.4) is 0 Å². The van der Waals surface area contributed by atoms with Gasteiger partial charge in [0, 0.05) is 104 Å². The fourth-order valence-corrected chi connectivity index (χ4v) is 11.8. The van der Waals surface area contributed by atoms with Crippen LogP contribution in [0, 0.1) is 13.8 Å². The van der Waals surface area contributed by atoms with Gasteiger partial charge in [0.25, 0.3) is 11.8 Å². The molecule has 0 unspecified atom stereocenters. The molecule has 0 spiro atoms. The van der Waals surface area contributed by atoms with Crippen molar-refractivity contribution in [1.82, 2.24) is 40.0 Å². The van der Waals surface area contributed by atoms with Crippen molar-refractivity contribution in [3.05, 3.63) is 74.9 Å². The van der Waals surface area contributed by atoms with E-state index in [1.807, 2.05) is 45.9 Å². The standard InChI is InChI=1S/C58H78N8O14S/c1-10-35-31(2)39-28-43-36(12-14-46(69)78-24-23-77-25-26-81-56-53(72)52(71)51(70)44(30-67)79-56)32(3)38(61-43)27-40-33(4)37(11-13-45(68)64(9)16-15-59-57(75)80-58(6,7)8)49(62-40)48-50-47(34(5)41(63-50)29-42(35)60-39)54(73)66(55(48)74)18-17-65-19-21-76-22-20-65/h12,14,27-29,33,37,44,51-53,56,61,63,67,70-72H,10-11,13,15-26,30H2,1-9H3,(H,59,75)/b14-12+,38-27?,39-28?,40-27?,41-29?,42-29?,43-28?,49-48?/t33-,37-,44+,51+,52-,53+,56-/m0/s1. The van der Waals surface area contributed by atoms with E-state index in [0.717, 1.165) is 28.5 Å². The third-order valence-electron chi connectivity index (χ3n) is 15.5. The van der Waals surface area contributed by atoms with Gasteiger partial charge in [0.15, 0.2) is 0 Å². The Labute approximate surface area is 475 Å². The molecule has 7 N–H and O–H groups in total. The number of allylic oxidation sites excluding steroid dienone is 2. The number of esters is 1. The van der Waals surface area contributed by atoms with Crippen molar-refractivity contribution in [3.8, 4) is 0 Å². The van der Waals surface area contributed by atoms with E-state index in [4.69, 9.17) is 33.7 Å². The number of imide groups is 1. The summed E-state index contributed by atoms with van der Waals surface area (Å²) in [4.78, 5) is 92.3. The molecular weight excluding hydrogens is 1060 g/mol. The van der Waals surface area contributed by atoms with Gasteiger partial charge in [-0.2, -0.15) is 0 Å². The molecule has 0 aromatic carbocycles. The molecule has 2 saturated heterocycles. The summed E-state index contributed by atoms with van der Waals surface area (Å²) in [6, 6.07) is 5.81. The molecule has 81 heavy (non-hydrogen) atoms. The fraction of sp³-hybridized carbons (Fsp3) is 0.569. The number of hydrogen-bond donors (Lipinski definition) is 7. The average molecular weight is 1140 g/mol. The fourth-order valence-electron chi connectivity index (χ4n) is 10.8.